The van der Waals surface area contributed by atoms with Crippen molar-refractivity contribution >= 4 is 34.2 Å². The van der Waals surface area contributed by atoms with Gasteiger partial charge >= 0.3 is 0 Å². The van der Waals surface area contributed by atoms with Gasteiger partial charge in [-0.1, -0.05) is 30.0 Å². The first-order valence-electron chi connectivity index (χ1n) is 6.14. The summed E-state index contributed by atoms with van der Waals surface area (Å²) < 4.78 is 5.59. The highest BCUT2D eigenvalue weighted by atomic mass is 32.2. The maximum atomic E-state index is 10.7. The maximum absolute atomic E-state index is 10.7. The number of para-hydroxylation sites is 2. The lowest BCUT2D eigenvalue weighted by Gasteiger charge is -2.01. The summed E-state index contributed by atoms with van der Waals surface area (Å²) in [6.07, 6.45) is 0. The molecule has 0 amide bonds. The van der Waals surface area contributed by atoms with Gasteiger partial charge < -0.3 is 10.2 Å². The lowest BCUT2D eigenvalue weighted by molar-refractivity contribution is -0.383. The molecule has 0 bridgehead atoms. The van der Waals surface area contributed by atoms with Crippen molar-refractivity contribution in [3.63, 3.8) is 0 Å². The molecule has 2 N–H and O–H groups in total. The van der Waals surface area contributed by atoms with Crippen LogP contribution in [0.25, 0.3) is 11.1 Å². The minimum Gasteiger partial charge on any atom is -0.431 e. The van der Waals surface area contributed by atoms with E-state index in [0.29, 0.717) is 11.0 Å². The zero-order chi connectivity index (χ0) is 14.8. The second-order valence-corrected chi connectivity index (χ2v) is 5.31. The van der Waals surface area contributed by atoms with Crippen molar-refractivity contribution in [2.45, 2.75) is 11.0 Å². The molecule has 0 unspecified atom stereocenters. The zero-order valence-corrected chi connectivity index (χ0v) is 11.7. The number of oxazole rings is 1. The van der Waals surface area contributed by atoms with E-state index in [2.05, 4.69) is 4.98 Å². The van der Waals surface area contributed by atoms with Crippen LogP contribution in [0.2, 0.25) is 0 Å². The predicted molar refractivity (Wildman–Crippen MR) is 81.1 cm³/mol. The van der Waals surface area contributed by atoms with Gasteiger partial charge in [-0.15, -0.1) is 0 Å². The molecule has 21 heavy (non-hydrogen) atoms. The first kappa shape index (κ1) is 13.4. The molecule has 0 fully saturated rings. The minimum atomic E-state index is -0.493. The number of fused-ring (bicyclic) bond motifs is 1. The molecule has 0 aliphatic carbocycles. The molecule has 0 aliphatic heterocycles. The van der Waals surface area contributed by atoms with Gasteiger partial charge in [-0.3, -0.25) is 10.1 Å². The standard InChI is InChI=1S/C14H11N3O3S/c15-10-7-9(5-6-12(10)17(18)19)8-21-14-16-11-3-1-2-4-13(11)20-14/h1-7H,8,15H2. The number of nitrogen functional groups attached to an aromatic ring is 1. The van der Waals surface area contributed by atoms with Crippen LogP contribution in [0.4, 0.5) is 11.4 Å². The fraction of sp³-hybridized carbons (Fsp3) is 0.0714. The van der Waals surface area contributed by atoms with Crippen LogP contribution in [-0.2, 0) is 5.75 Å². The Hall–Kier alpha value is -2.54. The van der Waals surface area contributed by atoms with Gasteiger partial charge in [0.05, 0.1) is 4.92 Å². The average Bonchev–Trinajstić information content (AvgIpc) is 2.87. The highest BCUT2D eigenvalue weighted by molar-refractivity contribution is 7.98. The monoisotopic (exact) mass is 301 g/mol. The summed E-state index contributed by atoms with van der Waals surface area (Å²) in [6, 6.07) is 12.2. The fourth-order valence-electron chi connectivity index (χ4n) is 1.92. The second-order valence-electron chi connectivity index (χ2n) is 4.39. The molecule has 6 nitrogen and oxygen atoms in total. The molecule has 0 radical (unpaired) electrons. The quantitative estimate of drug-likeness (QED) is 0.342. The van der Waals surface area contributed by atoms with E-state index in [9.17, 15) is 10.1 Å². The smallest absolute Gasteiger partial charge is 0.292 e. The number of rotatable bonds is 4. The number of nitro benzene ring substituents is 1. The van der Waals surface area contributed by atoms with Crippen LogP contribution in [0.5, 0.6) is 0 Å². The Kier molecular flexibility index (Phi) is 3.49. The Morgan fingerprint density at radius 3 is 2.81 bits per heavy atom. The van der Waals surface area contributed by atoms with E-state index in [4.69, 9.17) is 10.2 Å². The summed E-state index contributed by atoms with van der Waals surface area (Å²) in [5, 5.41) is 11.3. The minimum absolute atomic E-state index is 0.0781. The Morgan fingerprint density at radius 2 is 2.10 bits per heavy atom. The first-order chi connectivity index (χ1) is 10.1. The van der Waals surface area contributed by atoms with Crippen molar-refractivity contribution in [2.75, 3.05) is 5.73 Å². The van der Waals surface area contributed by atoms with Crippen molar-refractivity contribution in [3.8, 4) is 0 Å². The topological polar surface area (TPSA) is 95.2 Å². The number of nitrogens with two attached hydrogens (primary N) is 1. The highest BCUT2D eigenvalue weighted by Gasteiger charge is 2.12. The number of benzene rings is 2. The van der Waals surface area contributed by atoms with Crippen LogP contribution in [0, 0.1) is 10.1 Å². The summed E-state index contributed by atoms with van der Waals surface area (Å²) in [5.41, 5.74) is 8.17. The summed E-state index contributed by atoms with van der Waals surface area (Å²) in [5.74, 6) is 0.578. The Morgan fingerprint density at radius 1 is 1.29 bits per heavy atom. The molecule has 106 valence electrons. The molecular weight excluding hydrogens is 290 g/mol. The van der Waals surface area contributed by atoms with E-state index < -0.39 is 4.92 Å². The van der Waals surface area contributed by atoms with Gasteiger partial charge in [-0.2, -0.15) is 0 Å². The van der Waals surface area contributed by atoms with Gasteiger partial charge in [0.1, 0.15) is 11.2 Å². The maximum Gasteiger partial charge on any atom is 0.292 e. The Labute approximate surface area is 124 Å². The number of thioether (sulfide) groups is 1. The van der Waals surface area contributed by atoms with Gasteiger partial charge in [0.15, 0.2) is 5.58 Å². The van der Waals surface area contributed by atoms with Gasteiger partial charge in [0.2, 0.25) is 0 Å². The fourth-order valence-corrected chi connectivity index (χ4v) is 2.70. The number of nitrogens with zero attached hydrogens (tertiary/aromatic N) is 2. The number of nitro groups is 1. The van der Waals surface area contributed by atoms with Crippen LogP contribution >= 0.6 is 11.8 Å². The molecule has 7 heteroatoms. The van der Waals surface area contributed by atoms with Crippen molar-refractivity contribution in [1.29, 1.82) is 0 Å². The Bertz CT molecular complexity index is 783. The van der Waals surface area contributed by atoms with E-state index in [1.54, 1.807) is 12.1 Å². The van der Waals surface area contributed by atoms with E-state index in [1.165, 1.54) is 17.8 Å². The molecule has 0 aliphatic rings. The number of hydrogen-bond acceptors (Lipinski definition) is 6. The zero-order valence-electron chi connectivity index (χ0n) is 10.9. The number of anilines is 1. The third kappa shape index (κ3) is 2.82. The molecule has 0 saturated heterocycles. The van der Waals surface area contributed by atoms with E-state index in [-0.39, 0.29) is 11.4 Å². The van der Waals surface area contributed by atoms with Crippen molar-refractivity contribution in [2.24, 2.45) is 0 Å². The normalized spacial score (nSPS) is 10.9. The molecule has 0 saturated carbocycles. The SMILES string of the molecule is Nc1cc(CSc2nc3ccccc3o2)ccc1[N+](=O)[O-]. The van der Waals surface area contributed by atoms with Gasteiger partial charge in [0, 0.05) is 11.8 Å². The summed E-state index contributed by atoms with van der Waals surface area (Å²) in [4.78, 5) is 14.6. The van der Waals surface area contributed by atoms with E-state index >= 15 is 0 Å². The van der Waals surface area contributed by atoms with Crippen LogP contribution in [0.1, 0.15) is 5.56 Å². The van der Waals surface area contributed by atoms with Crippen molar-refractivity contribution in [3.05, 3.63) is 58.1 Å². The lowest BCUT2D eigenvalue weighted by atomic mass is 10.2. The highest BCUT2D eigenvalue weighted by Crippen LogP contribution is 2.28. The summed E-state index contributed by atoms with van der Waals surface area (Å²) >= 11 is 1.42. The molecule has 1 heterocycles. The largest absolute Gasteiger partial charge is 0.431 e. The second kappa shape index (κ2) is 5.45. The predicted octanol–water partition coefficient (Wildman–Crippen LogP) is 3.61. The number of hydrogen-bond donors (Lipinski definition) is 1. The van der Waals surface area contributed by atoms with Crippen molar-refractivity contribution in [1.82, 2.24) is 4.98 Å². The molecule has 0 atom stereocenters. The average molecular weight is 301 g/mol. The van der Waals surface area contributed by atoms with Crippen LogP contribution in [-0.4, -0.2) is 9.91 Å². The molecular formula is C14H11N3O3S. The molecule has 0 spiro atoms. The van der Waals surface area contributed by atoms with E-state index in [0.717, 1.165) is 16.7 Å². The van der Waals surface area contributed by atoms with Crippen LogP contribution in [0.3, 0.4) is 0 Å². The van der Waals surface area contributed by atoms with Crippen LogP contribution < -0.4 is 5.73 Å². The summed E-state index contributed by atoms with van der Waals surface area (Å²) in [6.45, 7) is 0. The van der Waals surface area contributed by atoms with Gasteiger partial charge in [-0.05, 0) is 23.8 Å². The van der Waals surface area contributed by atoms with E-state index in [1.807, 2.05) is 24.3 Å². The molecule has 2 aromatic carbocycles. The molecule has 3 aromatic rings. The molecule has 3 rings (SSSR count). The van der Waals surface area contributed by atoms with Crippen LogP contribution in [0.15, 0.2) is 52.1 Å². The third-order valence-corrected chi connectivity index (χ3v) is 3.82. The van der Waals surface area contributed by atoms with Gasteiger partial charge in [-0.25, -0.2) is 4.98 Å². The molecule has 1 aromatic heterocycles. The van der Waals surface area contributed by atoms with Gasteiger partial charge in [0.25, 0.3) is 10.9 Å². The van der Waals surface area contributed by atoms with Crippen molar-refractivity contribution < 1.29 is 9.34 Å². The summed E-state index contributed by atoms with van der Waals surface area (Å²) in [7, 11) is 0. The first-order valence-corrected chi connectivity index (χ1v) is 7.13. The third-order valence-electron chi connectivity index (χ3n) is 2.93. The Balaban J connectivity index is 1.75. The number of aromatic nitrogens is 1. The lowest BCUT2D eigenvalue weighted by Crippen LogP contribution is -1.96.